The first-order chi connectivity index (χ1) is 7.68. The van der Waals surface area contributed by atoms with Crippen LogP contribution in [0.2, 0.25) is 0 Å². The maximum Gasteiger partial charge on any atom is 0.290 e. The van der Waals surface area contributed by atoms with Gasteiger partial charge in [0.05, 0.1) is 0 Å². The molecule has 0 aliphatic heterocycles. The summed E-state index contributed by atoms with van der Waals surface area (Å²) in [6.07, 6.45) is 0. The molecule has 7 nitrogen and oxygen atoms in total. The molecule has 7 heteroatoms. The number of rotatable bonds is 2. The van der Waals surface area contributed by atoms with E-state index < -0.39 is 5.91 Å². The molecule has 4 N–H and O–H groups in total. The van der Waals surface area contributed by atoms with Crippen LogP contribution in [0.5, 0.6) is 0 Å². The maximum absolute atomic E-state index is 10.7. The average molecular weight is 216 g/mol. The first kappa shape index (κ1) is 9.97. The van der Waals surface area contributed by atoms with Crippen LogP contribution in [0, 0.1) is 0 Å². The Labute approximate surface area is 90.5 Å². The summed E-state index contributed by atoms with van der Waals surface area (Å²) in [7, 11) is 0. The summed E-state index contributed by atoms with van der Waals surface area (Å²) >= 11 is 0. The van der Waals surface area contributed by atoms with Gasteiger partial charge in [0.2, 0.25) is 5.82 Å². The van der Waals surface area contributed by atoms with Crippen LogP contribution in [-0.4, -0.2) is 26.3 Å². The van der Waals surface area contributed by atoms with E-state index in [1.807, 2.05) is 0 Å². The minimum Gasteiger partial charge on any atom is -0.398 e. The maximum atomic E-state index is 10.7. The van der Waals surface area contributed by atoms with E-state index in [9.17, 15) is 4.79 Å². The van der Waals surface area contributed by atoms with Crippen LogP contribution in [0.15, 0.2) is 24.3 Å². The molecule has 1 heterocycles. The highest BCUT2D eigenvalue weighted by molar-refractivity contribution is 5.88. The highest BCUT2D eigenvalue weighted by Gasteiger charge is 2.09. The number of nitrogens with two attached hydrogens (primary N) is 2. The van der Waals surface area contributed by atoms with Crippen molar-refractivity contribution in [2.45, 2.75) is 0 Å². The SMILES string of the molecule is NC(=O)c1nnc(-c2ccccc2N)nn1. The van der Waals surface area contributed by atoms with E-state index in [1.165, 1.54) is 0 Å². The molecule has 0 saturated carbocycles. The van der Waals surface area contributed by atoms with Crippen LogP contribution >= 0.6 is 0 Å². The van der Waals surface area contributed by atoms with Crippen molar-refractivity contribution in [3.8, 4) is 11.4 Å². The summed E-state index contributed by atoms with van der Waals surface area (Å²) < 4.78 is 0. The largest absolute Gasteiger partial charge is 0.398 e. The van der Waals surface area contributed by atoms with Gasteiger partial charge >= 0.3 is 0 Å². The summed E-state index contributed by atoms with van der Waals surface area (Å²) in [6, 6.07) is 7.02. The highest BCUT2D eigenvalue weighted by atomic mass is 16.1. The fourth-order valence-electron chi connectivity index (χ4n) is 1.14. The van der Waals surface area contributed by atoms with Gasteiger partial charge in [-0.15, -0.1) is 20.4 Å². The van der Waals surface area contributed by atoms with Crippen molar-refractivity contribution in [2.24, 2.45) is 5.73 Å². The number of anilines is 1. The Morgan fingerprint density at radius 2 is 1.69 bits per heavy atom. The van der Waals surface area contributed by atoms with Gasteiger partial charge in [-0.05, 0) is 12.1 Å². The number of benzene rings is 1. The molecule has 0 bridgehead atoms. The quantitative estimate of drug-likeness (QED) is 0.659. The second kappa shape index (κ2) is 3.89. The Hall–Kier alpha value is -2.57. The second-order valence-electron chi connectivity index (χ2n) is 3.00. The predicted molar refractivity (Wildman–Crippen MR) is 56.0 cm³/mol. The van der Waals surface area contributed by atoms with E-state index in [4.69, 9.17) is 11.5 Å². The zero-order valence-corrected chi connectivity index (χ0v) is 8.16. The van der Waals surface area contributed by atoms with Gasteiger partial charge in [-0.1, -0.05) is 12.1 Å². The van der Waals surface area contributed by atoms with Crippen LogP contribution < -0.4 is 11.5 Å². The van der Waals surface area contributed by atoms with E-state index in [-0.39, 0.29) is 11.6 Å². The highest BCUT2D eigenvalue weighted by Crippen LogP contribution is 2.20. The molecule has 0 fully saturated rings. The number of amides is 1. The van der Waals surface area contributed by atoms with Crippen LogP contribution in [0.4, 0.5) is 5.69 Å². The zero-order valence-electron chi connectivity index (χ0n) is 8.16. The monoisotopic (exact) mass is 216 g/mol. The summed E-state index contributed by atoms with van der Waals surface area (Å²) in [4.78, 5) is 10.7. The molecule has 16 heavy (non-hydrogen) atoms. The van der Waals surface area contributed by atoms with Crippen LogP contribution in [0.25, 0.3) is 11.4 Å². The molecule has 0 aliphatic carbocycles. The lowest BCUT2D eigenvalue weighted by atomic mass is 10.2. The number of aromatic nitrogens is 4. The Bertz CT molecular complexity index is 524. The van der Waals surface area contributed by atoms with E-state index in [1.54, 1.807) is 24.3 Å². The van der Waals surface area contributed by atoms with E-state index in [0.29, 0.717) is 11.3 Å². The summed E-state index contributed by atoms with van der Waals surface area (Å²) in [6.45, 7) is 0. The van der Waals surface area contributed by atoms with E-state index in [2.05, 4.69) is 20.4 Å². The van der Waals surface area contributed by atoms with Crippen molar-refractivity contribution < 1.29 is 4.79 Å². The molecule has 0 unspecified atom stereocenters. The smallest absolute Gasteiger partial charge is 0.290 e. The lowest BCUT2D eigenvalue weighted by Gasteiger charge is -2.01. The molecular weight excluding hydrogens is 208 g/mol. The van der Waals surface area contributed by atoms with Crippen LogP contribution in [0.1, 0.15) is 10.6 Å². The number of carbonyl (C=O) groups is 1. The van der Waals surface area contributed by atoms with Gasteiger partial charge in [0.1, 0.15) is 0 Å². The Morgan fingerprint density at radius 3 is 2.25 bits per heavy atom. The third kappa shape index (κ3) is 1.78. The molecule has 0 radical (unpaired) electrons. The molecule has 0 atom stereocenters. The predicted octanol–water partition coefficient (Wildman–Crippen LogP) is -0.385. The van der Waals surface area contributed by atoms with Crippen molar-refractivity contribution in [1.82, 2.24) is 20.4 Å². The van der Waals surface area contributed by atoms with Gasteiger partial charge in [-0.3, -0.25) is 4.79 Å². The summed E-state index contributed by atoms with van der Waals surface area (Å²) in [5, 5.41) is 14.5. The van der Waals surface area contributed by atoms with Crippen molar-refractivity contribution in [3.63, 3.8) is 0 Å². The normalized spacial score (nSPS) is 10.0. The number of para-hydroxylation sites is 1. The number of carbonyl (C=O) groups excluding carboxylic acids is 1. The van der Waals surface area contributed by atoms with Crippen molar-refractivity contribution in [1.29, 1.82) is 0 Å². The molecule has 1 aromatic carbocycles. The molecule has 0 saturated heterocycles. The molecule has 80 valence electrons. The van der Waals surface area contributed by atoms with Gasteiger partial charge in [-0.25, -0.2) is 0 Å². The summed E-state index contributed by atoms with van der Waals surface area (Å²) in [5.41, 5.74) is 11.8. The average Bonchev–Trinajstić information content (AvgIpc) is 2.30. The number of primary amides is 1. The number of nitrogen functional groups attached to an aromatic ring is 1. The minimum absolute atomic E-state index is 0.224. The molecule has 1 amide bonds. The lowest BCUT2D eigenvalue weighted by molar-refractivity contribution is 0.0988. The van der Waals surface area contributed by atoms with Crippen molar-refractivity contribution >= 4 is 11.6 Å². The molecule has 1 aromatic heterocycles. The van der Waals surface area contributed by atoms with Gasteiger partial charge in [0.25, 0.3) is 11.7 Å². The van der Waals surface area contributed by atoms with Gasteiger partial charge in [0, 0.05) is 11.3 Å². The van der Waals surface area contributed by atoms with Gasteiger partial charge < -0.3 is 11.5 Å². The van der Waals surface area contributed by atoms with Crippen LogP contribution in [-0.2, 0) is 0 Å². The fourth-order valence-corrected chi connectivity index (χ4v) is 1.14. The number of nitrogens with zero attached hydrogens (tertiary/aromatic N) is 4. The van der Waals surface area contributed by atoms with E-state index >= 15 is 0 Å². The molecule has 0 spiro atoms. The van der Waals surface area contributed by atoms with Crippen molar-refractivity contribution in [3.05, 3.63) is 30.1 Å². The van der Waals surface area contributed by atoms with Crippen molar-refractivity contribution in [2.75, 3.05) is 5.73 Å². The Balaban J connectivity index is 2.43. The minimum atomic E-state index is -0.771. The Morgan fingerprint density at radius 1 is 1.06 bits per heavy atom. The van der Waals surface area contributed by atoms with Crippen LogP contribution in [0.3, 0.4) is 0 Å². The Kier molecular flexibility index (Phi) is 2.42. The number of hydrogen-bond donors (Lipinski definition) is 2. The lowest BCUT2D eigenvalue weighted by Crippen LogP contribution is -2.17. The van der Waals surface area contributed by atoms with E-state index in [0.717, 1.165) is 0 Å². The second-order valence-corrected chi connectivity index (χ2v) is 3.00. The third-order valence-electron chi connectivity index (χ3n) is 1.90. The zero-order chi connectivity index (χ0) is 11.5. The standard InChI is InChI=1S/C9H8N6O/c10-6-4-2-1-3-5(6)8-12-14-9(7(11)16)15-13-8/h1-4H,10H2,(H2,11,16). The fraction of sp³-hybridized carbons (Fsp3) is 0. The molecule has 2 rings (SSSR count). The van der Waals surface area contributed by atoms with Gasteiger partial charge in [-0.2, -0.15) is 0 Å². The molecular formula is C9H8N6O. The third-order valence-corrected chi connectivity index (χ3v) is 1.90. The number of hydrogen-bond acceptors (Lipinski definition) is 6. The van der Waals surface area contributed by atoms with Gasteiger partial charge in [0.15, 0.2) is 0 Å². The topological polar surface area (TPSA) is 121 Å². The first-order valence-electron chi connectivity index (χ1n) is 4.40. The first-order valence-corrected chi connectivity index (χ1v) is 4.40. The summed E-state index contributed by atoms with van der Waals surface area (Å²) in [5.74, 6) is -0.742. The molecule has 2 aromatic rings. The molecule has 0 aliphatic rings.